The first kappa shape index (κ1) is 22.1. The van der Waals surface area contributed by atoms with Crippen LogP contribution in [0, 0.1) is 0 Å². The molecule has 0 aliphatic heterocycles. The Hall–Kier alpha value is -1.93. The molecule has 8 heteroatoms. The van der Waals surface area contributed by atoms with E-state index in [-0.39, 0.29) is 23.3 Å². The molecule has 1 aromatic carbocycles. The van der Waals surface area contributed by atoms with Gasteiger partial charge < -0.3 is 9.80 Å². The Bertz CT molecular complexity index is 708. The van der Waals surface area contributed by atoms with Crippen molar-refractivity contribution in [1.82, 2.24) is 14.1 Å². The molecular formula is C18H29N3O4S. The number of sulfonamides is 1. The van der Waals surface area contributed by atoms with Crippen molar-refractivity contribution in [2.24, 2.45) is 0 Å². The molecule has 0 heterocycles. The highest BCUT2D eigenvalue weighted by molar-refractivity contribution is 7.89. The van der Waals surface area contributed by atoms with E-state index in [0.717, 1.165) is 4.31 Å². The van der Waals surface area contributed by atoms with Gasteiger partial charge in [-0.05, 0) is 52.0 Å². The lowest BCUT2D eigenvalue weighted by atomic mass is 10.2. The van der Waals surface area contributed by atoms with Crippen LogP contribution in [0.15, 0.2) is 29.2 Å². The average Bonchev–Trinajstić information content (AvgIpc) is 2.63. The molecule has 1 rings (SSSR count). The fourth-order valence-electron chi connectivity index (χ4n) is 2.59. The summed E-state index contributed by atoms with van der Waals surface area (Å²) in [6, 6.07) is 5.83. The maximum Gasteiger partial charge on any atom is 0.253 e. The molecule has 7 nitrogen and oxygen atoms in total. The molecule has 1 aromatic rings. The van der Waals surface area contributed by atoms with Crippen LogP contribution >= 0.6 is 0 Å². The largest absolute Gasteiger partial charge is 0.342 e. The molecule has 146 valence electrons. The second-order valence-electron chi connectivity index (χ2n) is 5.83. The van der Waals surface area contributed by atoms with Gasteiger partial charge in [0.05, 0.1) is 11.4 Å². The summed E-state index contributed by atoms with van der Waals surface area (Å²) in [4.78, 5) is 27.8. The van der Waals surface area contributed by atoms with Gasteiger partial charge in [0.1, 0.15) is 0 Å². The van der Waals surface area contributed by atoms with Gasteiger partial charge in [-0.3, -0.25) is 9.59 Å². The van der Waals surface area contributed by atoms with Crippen LogP contribution in [0.3, 0.4) is 0 Å². The van der Waals surface area contributed by atoms with Crippen molar-refractivity contribution in [2.45, 2.75) is 32.6 Å². The molecule has 0 atom stereocenters. The second-order valence-corrected chi connectivity index (χ2v) is 7.87. The van der Waals surface area contributed by atoms with Crippen LogP contribution in [-0.2, 0) is 14.8 Å². The highest BCUT2D eigenvalue weighted by Crippen LogP contribution is 2.16. The molecule has 0 aromatic heterocycles. The minimum Gasteiger partial charge on any atom is -0.342 e. The van der Waals surface area contributed by atoms with Gasteiger partial charge in [-0.25, -0.2) is 8.42 Å². The highest BCUT2D eigenvalue weighted by atomic mass is 32.2. The van der Waals surface area contributed by atoms with Gasteiger partial charge in [-0.2, -0.15) is 4.31 Å². The number of benzene rings is 1. The first-order valence-corrected chi connectivity index (χ1v) is 10.3. The summed E-state index contributed by atoms with van der Waals surface area (Å²) in [7, 11) is -2.42. The third kappa shape index (κ3) is 5.04. The van der Waals surface area contributed by atoms with Gasteiger partial charge in [0.25, 0.3) is 5.91 Å². The van der Waals surface area contributed by atoms with Crippen molar-refractivity contribution < 1.29 is 18.0 Å². The van der Waals surface area contributed by atoms with Gasteiger partial charge in [-0.15, -0.1) is 0 Å². The number of rotatable bonds is 9. The number of likely N-dealkylation sites (N-methyl/N-ethyl adjacent to an activating group) is 2. The Morgan fingerprint density at radius 1 is 0.846 bits per heavy atom. The van der Waals surface area contributed by atoms with Crippen LogP contribution in [0.25, 0.3) is 0 Å². The molecule has 0 spiro atoms. The van der Waals surface area contributed by atoms with E-state index in [4.69, 9.17) is 0 Å². The zero-order chi connectivity index (χ0) is 19.9. The van der Waals surface area contributed by atoms with Gasteiger partial charge in [-0.1, -0.05) is 0 Å². The van der Waals surface area contributed by atoms with E-state index in [0.29, 0.717) is 31.7 Å². The fraction of sp³-hybridized carbons (Fsp3) is 0.556. The number of nitrogens with zero attached hydrogens (tertiary/aromatic N) is 3. The zero-order valence-electron chi connectivity index (χ0n) is 16.2. The van der Waals surface area contributed by atoms with Crippen LogP contribution in [0.4, 0.5) is 0 Å². The molecular weight excluding hydrogens is 354 g/mol. The zero-order valence-corrected chi connectivity index (χ0v) is 17.0. The number of hydrogen-bond donors (Lipinski definition) is 0. The predicted molar refractivity (Wildman–Crippen MR) is 101 cm³/mol. The maximum absolute atomic E-state index is 12.7. The summed E-state index contributed by atoms with van der Waals surface area (Å²) in [5.74, 6) is -0.376. The van der Waals surface area contributed by atoms with Crippen LogP contribution in [-0.4, -0.2) is 74.1 Å². The monoisotopic (exact) mass is 383 g/mol. The normalized spacial score (nSPS) is 11.5. The topological polar surface area (TPSA) is 78.0 Å². The SMILES string of the molecule is CCN(CC)C(=O)CN(C)S(=O)(=O)c1ccc(C(=O)N(CC)CC)cc1. The lowest BCUT2D eigenvalue weighted by molar-refractivity contribution is -0.130. The summed E-state index contributed by atoms with van der Waals surface area (Å²) in [5, 5.41) is 0. The minimum absolute atomic E-state index is 0.0587. The fourth-order valence-corrected chi connectivity index (χ4v) is 3.71. The molecule has 2 amide bonds. The van der Waals surface area contributed by atoms with Crippen LogP contribution < -0.4 is 0 Å². The smallest absolute Gasteiger partial charge is 0.253 e. The van der Waals surface area contributed by atoms with Crippen molar-refractivity contribution in [3.63, 3.8) is 0 Å². The second kappa shape index (κ2) is 9.68. The quantitative estimate of drug-likeness (QED) is 0.650. The minimum atomic E-state index is -3.80. The van der Waals surface area contributed by atoms with Crippen molar-refractivity contribution in [2.75, 3.05) is 39.8 Å². The molecule has 0 aliphatic carbocycles. The maximum atomic E-state index is 12.7. The molecule has 0 bridgehead atoms. The lowest BCUT2D eigenvalue weighted by Crippen LogP contribution is -2.41. The predicted octanol–water partition coefficient (Wildman–Crippen LogP) is 1.66. The van der Waals surface area contributed by atoms with E-state index in [1.54, 1.807) is 9.80 Å². The van der Waals surface area contributed by atoms with E-state index in [2.05, 4.69) is 0 Å². The van der Waals surface area contributed by atoms with Crippen molar-refractivity contribution in [3.8, 4) is 0 Å². The van der Waals surface area contributed by atoms with E-state index in [9.17, 15) is 18.0 Å². The van der Waals surface area contributed by atoms with Gasteiger partial charge in [0.2, 0.25) is 15.9 Å². The summed E-state index contributed by atoms with van der Waals surface area (Å²) in [5.41, 5.74) is 0.439. The van der Waals surface area contributed by atoms with E-state index >= 15 is 0 Å². The van der Waals surface area contributed by atoms with Crippen molar-refractivity contribution in [1.29, 1.82) is 0 Å². The number of carbonyl (C=O) groups is 2. The summed E-state index contributed by atoms with van der Waals surface area (Å²) in [6.07, 6.45) is 0. The summed E-state index contributed by atoms with van der Waals surface area (Å²) < 4.78 is 26.3. The Kier molecular flexibility index (Phi) is 8.23. The van der Waals surface area contributed by atoms with Gasteiger partial charge in [0, 0.05) is 38.8 Å². The van der Waals surface area contributed by atoms with Gasteiger partial charge in [0.15, 0.2) is 0 Å². The Balaban J connectivity index is 2.96. The standard InChI is InChI=1S/C18H29N3O4S/c1-6-20(7-2)17(22)14-19(5)26(24,25)16-12-10-15(11-13-16)18(23)21(8-3)9-4/h10-13H,6-9,14H2,1-5H3. The Labute approximate surface area is 156 Å². The number of hydrogen-bond acceptors (Lipinski definition) is 4. The third-order valence-corrected chi connectivity index (χ3v) is 6.15. The van der Waals surface area contributed by atoms with Crippen LogP contribution in [0.5, 0.6) is 0 Å². The molecule has 0 aliphatic rings. The van der Waals surface area contributed by atoms with Crippen molar-refractivity contribution >= 4 is 21.8 Å². The van der Waals surface area contributed by atoms with Gasteiger partial charge >= 0.3 is 0 Å². The van der Waals surface area contributed by atoms with E-state index in [1.165, 1.54) is 31.3 Å². The average molecular weight is 384 g/mol. The number of carbonyl (C=O) groups excluding carboxylic acids is 2. The van der Waals surface area contributed by atoms with Crippen molar-refractivity contribution in [3.05, 3.63) is 29.8 Å². The summed E-state index contributed by atoms with van der Waals surface area (Å²) in [6.45, 7) is 9.51. The Morgan fingerprint density at radius 3 is 1.73 bits per heavy atom. The molecule has 0 N–H and O–H groups in total. The number of amides is 2. The van der Waals surface area contributed by atoms with E-state index in [1.807, 2.05) is 27.7 Å². The molecule has 0 saturated heterocycles. The lowest BCUT2D eigenvalue weighted by Gasteiger charge is -2.23. The molecule has 0 radical (unpaired) electrons. The Morgan fingerprint density at radius 2 is 1.31 bits per heavy atom. The van der Waals surface area contributed by atoms with Crippen LogP contribution in [0.1, 0.15) is 38.1 Å². The molecule has 0 fully saturated rings. The van der Waals surface area contributed by atoms with Crippen LogP contribution in [0.2, 0.25) is 0 Å². The third-order valence-electron chi connectivity index (χ3n) is 4.33. The highest BCUT2D eigenvalue weighted by Gasteiger charge is 2.25. The molecule has 0 saturated carbocycles. The molecule has 0 unspecified atom stereocenters. The first-order chi connectivity index (χ1) is 12.2. The van der Waals surface area contributed by atoms with E-state index < -0.39 is 10.0 Å². The molecule has 26 heavy (non-hydrogen) atoms. The summed E-state index contributed by atoms with van der Waals surface area (Å²) >= 11 is 0. The first-order valence-electron chi connectivity index (χ1n) is 8.86.